The molecule has 2 rings (SSSR count). The maximum Gasteiger partial charge on any atom is 0.132 e. The SMILES string of the molecule is COc1ccc(C(NN)c2ccccn2)c(F)c1. The van der Waals surface area contributed by atoms with Gasteiger partial charge in [-0.2, -0.15) is 0 Å². The Kier molecular flexibility index (Phi) is 3.86. The van der Waals surface area contributed by atoms with Crippen molar-refractivity contribution in [2.75, 3.05) is 7.11 Å². The molecular weight excluding hydrogens is 233 g/mol. The van der Waals surface area contributed by atoms with E-state index >= 15 is 0 Å². The van der Waals surface area contributed by atoms with Crippen molar-refractivity contribution >= 4 is 0 Å². The Labute approximate surface area is 105 Å². The number of hydrogen-bond donors (Lipinski definition) is 2. The molecule has 0 aliphatic carbocycles. The van der Waals surface area contributed by atoms with Gasteiger partial charge in [-0.15, -0.1) is 0 Å². The number of ether oxygens (including phenoxy) is 1. The minimum Gasteiger partial charge on any atom is -0.497 e. The van der Waals surface area contributed by atoms with Gasteiger partial charge in [0, 0.05) is 17.8 Å². The number of nitrogens with two attached hydrogens (primary N) is 1. The van der Waals surface area contributed by atoms with Crippen molar-refractivity contribution in [2.45, 2.75) is 6.04 Å². The first kappa shape index (κ1) is 12.5. The number of methoxy groups -OCH3 is 1. The summed E-state index contributed by atoms with van der Waals surface area (Å²) in [5.41, 5.74) is 3.65. The molecule has 4 nitrogen and oxygen atoms in total. The van der Waals surface area contributed by atoms with E-state index in [0.29, 0.717) is 17.0 Å². The molecule has 94 valence electrons. The number of hydrogen-bond acceptors (Lipinski definition) is 4. The summed E-state index contributed by atoms with van der Waals surface area (Å²) in [5.74, 6) is 5.57. The Hall–Kier alpha value is -1.98. The number of halogens is 1. The first-order valence-corrected chi connectivity index (χ1v) is 5.46. The van der Waals surface area contributed by atoms with Gasteiger partial charge in [-0.25, -0.2) is 9.82 Å². The number of nitrogens with one attached hydrogen (secondary N) is 1. The Balaban J connectivity index is 2.39. The number of nitrogens with zero attached hydrogens (tertiary/aromatic N) is 1. The molecule has 3 N–H and O–H groups in total. The van der Waals surface area contributed by atoms with Crippen LogP contribution in [0.3, 0.4) is 0 Å². The van der Waals surface area contributed by atoms with E-state index in [1.165, 1.54) is 13.2 Å². The van der Waals surface area contributed by atoms with E-state index in [4.69, 9.17) is 10.6 Å². The summed E-state index contributed by atoms with van der Waals surface area (Å²) in [5, 5.41) is 0. The van der Waals surface area contributed by atoms with Crippen LogP contribution in [0.4, 0.5) is 4.39 Å². The highest BCUT2D eigenvalue weighted by Crippen LogP contribution is 2.25. The Bertz CT molecular complexity index is 519. The molecule has 0 saturated carbocycles. The van der Waals surface area contributed by atoms with Gasteiger partial charge in [-0.1, -0.05) is 12.1 Å². The monoisotopic (exact) mass is 247 g/mol. The molecule has 1 atom stereocenters. The lowest BCUT2D eigenvalue weighted by Gasteiger charge is -2.16. The lowest BCUT2D eigenvalue weighted by atomic mass is 10.0. The fourth-order valence-electron chi connectivity index (χ4n) is 1.75. The van der Waals surface area contributed by atoms with Crippen molar-refractivity contribution in [1.82, 2.24) is 10.4 Å². The van der Waals surface area contributed by atoms with E-state index in [1.54, 1.807) is 30.5 Å². The van der Waals surface area contributed by atoms with Crippen LogP contribution in [0.1, 0.15) is 17.3 Å². The molecular formula is C13H14FN3O. The number of rotatable bonds is 4. The third kappa shape index (κ3) is 2.47. The van der Waals surface area contributed by atoms with Crippen molar-refractivity contribution < 1.29 is 9.13 Å². The minimum absolute atomic E-state index is 0.386. The fraction of sp³-hybridized carbons (Fsp3) is 0.154. The highest BCUT2D eigenvalue weighted by Gasteiger charge is 2.17. The van der Waals surface area contributed by atoms with Crippen molar-refractivity contribution in [3.05, 3.63) is 59.7 Å². The first-order valence-electron chi connectivity index (χ1n) is 5.46. The Morgan fingerprint density at radius 1 is 1.33 bits per heavy atom. The van der Waals surface area contributed by atoms with Crippen LogP contribution in [0, 0.1) is 5.82 Å². The predicted molar refractivity (Wildman–Crippen MR) is 66.4 cm³/mol. The van der Waals surface area contributed by atoms with Crippen molar-refractivity contribution in [2.24, 2.45) is 5.84 Å². The molecule has 0 fully saturated rings. The van der Waals surface area contributed by atoms with Crippen LogP contribution in [0.25, 0.3) is 0 Å². The van der Waals surface area contributed by atoms with E-state index in [1.807, 2.05) is 6.07 Å². The van der Waals surface area contributed by atoms with Crippen LogP contribution in [0.2, 0.25) is 0 Å². The molecule has 0 amide bonds. The number of aromatic nitrogens is 1. The quantitative estimate of drug-likeness (QED) is 0.638. The molecule has 0 saturated heterocycles. The van der Waals surface area contributed by atoms with E-state index in [2.05, 4.69) is 10.4 Å². The number of benzene rings is 1. The van der Waals surface area contributed by atoms with E-state index in [9.17, 15) is 4.39 Å². The summed E-state index contributed by atoms with van der Waals surface area (Å²) in [6.07, 6.45) is 1.64. The van der Waals surface area contributed by atoms with Crippen LogP contribution < -0.4 is 16.0 Å². The van der Waals surface area contributed by atoms with E-state index in [0.717, 1.165) is 0 Å². The van der Waals surface area contributed by atoms with Gasteiger partial charge >= 0.3 is 0 Å². The summed E-state index contributed by atoms with van der Waals surface area (Å²) in [6.45, 7) is 0. The van der Waals surface area contributed by atoms with Gasteiger partial charge < -0.3 is 4.74 Å². The highest BCUT2D eigenvalue weighted by molar-refractivity contribution is 5.34. The third-order valence-electron chi connectivity index (χ3n) is 2.67. The van der Waals surface area contributed by atoms with Crippen molar-refractivity contribution in [3.63, 3.8) is 0 Å². The van der Waals surface area contributed by atoms with Gasteiger partial charge in [-0.05, 0) is 18.2 Å². The first-order chi connectivity index (χ1) is 8.76. The van der Waals surface area contributed by atoms with Gasteiger partial charge in [0.15, 0.2) is 0 Å². The second-order valence-electron chi connectivity index (χ2n) is 3.74. The molecule has 0 spiro atoms. The van der Waals surface area contributed by atoms with Crippen molar-refractivity contribution in [3.8, 4) is 5.75 Å². The summed E-state index contributed by atoms with van der Waals surface area (Å²) in [4.78, 5) is 4.17. The van der Waals surface area contributed by atoms with Crippen molar-refractivity contribution in [1.29, 1.82) is 0 Å². The highest BCUT2D eigenvalue weighted by atomic mass is 19.1. The minimum atomic E-state index is -0.489. The zero-order chi connectivity index (χ0) is 13.0. The summed E-state index contributed by atoms with van der Waals surface area (Å²) in [6, 6.07) is 9.56. The van der Waals surface area contributed by atoms with Crippen LogP contribution in [0.5, 0.6) is 5.75 Å². The molecule has 18 heavy (non-hydrogen) atoms. The molecule has 0 aliphatic heterocycles. The molecule has 5 heteroatoms. The molecule has 0 bridgehead atoms. The zero-order valence-corrected chi connectivity index (χ0v) is 9.93. The molecule has 2 aromatic rings. The van der Waals surface area contributed by atoms with Gasteiger partial charge in [0.2, 0.25) is 0 Å². The van der Waals surface area contributed by atoms with Crippen LogP contribution in [-0.2, 0) is 0 Å². The van der Waals surface area contributed by atoms with Gasteiger partial charge in [-0.3, -0.25) is 10.8 Å². The molecule has 1 aromatic heterocycles. The molecule has 1 heterocycles. The average Bonchev–Trinajstić information content (AvgIpc) is 2.42. The van der Waals surface area contributed by atoms with Gasteiger partial charge in [0.1, 0.15) is 11.6 Å². The average molecular weight is 247 g/mol. The molecule has 1 aromatic carbocycles. The fourth-order valence-corrected chi connectivity index (χ4v) is 1.75. The smallest absolute Gasteiger partial charge is 0.132 e. The van der Waals surface area contributed by atoms with Gasteiger partial charge in [0.05, 0.1) is 18.8 Å². The number of pyridine rings is 1. The second kappa shape index (κ2) is 5.57. The summed E-state index contributed by atoms with van der Waals surface area (Å²) in [7, 11) is 1.49. The molecule has 1 unspecified atom stereocenters. The molecule has 0 radical (unpaired) electrons. The Morgan fingerprint density at radius 2 is 2.17 bits per heavy atom. The largest absolute Gasteiger partial charge is 0.497 e. The second-order valence-corrected chi connectivity index (χ2v) is 3.74. The topological polar surface area (TPSA) is 60.2 Å². The standard InChI is InChI=1S/C13H14FN3O/c1-18-9-5-6-10(11(14)8-9)13(17-15)12-4-2-3-7-16-12/h2-8,13,17H,15H2,1H3. The van der Waals surface area contributed by atoms with E-state index < -0.39 is 6.04 Å². The third-order valence-corrected chi connectivity index (χ3v) is 2.67. The summed E-state index contributed by atoms with van der Waals surface area (Å²) >= 11 is 0. The zero-order valence-electron chi connectivity index (χ0n) is 9.93. The molecule has 0 aliphatic rings. The number of hydrazine groups is 1. The maximum absolute atomic E-state index is 14.0. The van der Waals surface area contributed by atoms with Crippen LogP contribution in [-0.4, -0.2) is 12.1 Å². The van der Waals surface area contributed by atoms with Crippen LogP contribution in [0.15, 0.2) is 42.6 Å². The lowest BCUT2D eigenvalue weighted by Crippen LogP contribution is -2.30. The predicted octanol–water partition coefficient (Wildman–Crippen LogP) is 1.78. The Morgan fingerprint density at radius 3 is 2.72 bits per heavy atom. The summed E-state index contributed by atoms with van der Waals surface area (Å²) < 4.78 is 18.9. The van der Waals surface area contributed by atoms with Gasteiger partial charge in [0.25, 0.3) is 0 Å². The maximum atomic E-state index is 14.0. The van der Waals surface area contributed by atoms with Crippen LogP contribution >= 0.6 is 0 Å². The normalized spacial score (nSPS) is 12.2. The lowest BCUT2D eigenvalue weighted by molar-refractivity contribution is 0.410. The van der Waals surface area contributed by atoms with E-state index in [-0.39, 0.29) is 5.82 Å².